The van der Waals surface area contributed by atoms with E-state index in [-0.39, 0.29) is 10.5 Å². The number of sulfonamides is 1. The van der Waals surface area contributed by atoms with Gasteiger partial charge in [-0.25, -0.2) is 18.2 Å². The molecule has 7 nitrogen and oxygen atoms in total. The van der Waals surface area contributed by atoms with Crippen molar-refractivity contribution in [3.05, 3.63) is 54.4 Å². The quantitative estimate of drug-likeness (QED) is 0.764. The Morgan fingerprint density at radius 3 is 2.55 bits per heavy atom. The summed E-state index contributed by atoms with van der Waals surface area (Å²) in [5.74, 6) is -1.12. The molecule has 0 bridgehead atoms. The summed E-state index contributed by atoms with van der Waals surface area (Å²) in [6.07, 6.45) is 1.27. The first-order valence-electron chi connectivity index (χ1n) is 6.15. The number of carbonyl (C=O) groups is 1. The van der Waals surface area contributed by atoms with Crippen LogP contribution in [0, 0.1) is 0 Å². The molecular weight excluding hydrogens is 308 g/mol. The van der Waals surface area contributed by atoms with Crippen molar-refractivity contribution in [1.29, 1.82) is 0 Å². The van der Waals surface area contributed by atoms with E-state index in [1.54, 1.807) is 18.2 Å². The molecule has 0 amide bonds. The smallest absolute Gasteiger partial charge is 0.335 e. The summed E-state index contributed by atoms with van der Waals surface area (Å²) in [5, 5.41) is 8.81. The molecule has 0 atom stereocenters. The molecule has 2 aromatic carbocycles. The van der Waals surface area contributed by atoms with E-state index in [1.165, 1.54) is 30.7 Å². The van der Waals surface area contributed by atoms with Crippen molar-refractivity contribution >= 4 is 32.8 Å². The molecule has 0 aliphatic rings. The first-order chi connectivity index (χ1) is 10.5. The lowest BCUT2D eigenvalue weighted by molar-refractivity contribution is 0.0696. The van der Waals surface area contributed by atoms with Gasteiger partial charge in [-0.1, -0.05) is 0 Å². The molecule has 3 rings (SSSR count). The summed E-state index contributed by atoms with van der Waals surface area (Å²) in [7, 11) is -3.81. The minimum absolute atomic E-state index is 0.0166. The van der Waals surface area contributed by atoms with E-state index in [0.29, 0.717) is 16.8 Å². The van der Waals surface area contributed by atoms with Crippen molar-refractivity contribution in [1.82, 2.24) is 4.98 Å². The van der Waals surface area contributed by atoms with E-state index in [2.05, 4.69) is 9.71 Å². The van der Waals surface area contributed by atoms with Crippen LogP contribution in [0.2, 0.25) is 0 Å². The fourth-order valence-electron chi connectivity index (χ4n) is 1.91. The van der Waals surface area contributed by atoms with Crippen LogP contribution in [0.1, 0.15) is 10.4 Å². The average Bonchev–Trinajstić information content (AvgIpc) is 2.94. The fraction of sp³-hybridized carbons (Fsp3) is 0. The zero-order valence-corrected chi connectivity index (χ0v) is 11.9. The van der Waals surface area contributed by atoms with Crippen LogP contribution in [0.25, 0.3) is 11.1 Å². The van der Waals surface area contributed by atoms with E-state index in [0.717, 1.165) is 0 Å². The maximum Gasteiger partial charge on any atom is 0.335 e. The Balaban J connectivity index is 1.90. The monoisotopic (exact) mass is 318 g/mol. The van der Waals surface area contributed by atoms with Crippen LogP contribution < -0.4 is 4.72 Å². The predicted octanol–water partition coefficient (Wildman–Crippen LogP) is 2.33. The number of benzene rings is 2. The molecule has 0 spiro atoms. The number of hydrogen-bond donors (Lipinski definition) is 2. The Labute approximate surface area is 125 Å². The third-order valence-electron chi connectivity index (χ3n) is 2.99. The standard InChI is InChI=1S/C14H10N2O5S/c17-14(18)9-1-4-11(5-2-9)22(19,20)16-10-3-6-13-12(7-10)15-8-21-13/h1-8,16H,(H,17,18). The van der Waals surface area contributed by atoms with Crippen LogP contribution in [0.4, 0.5) is 5.69 Å². The summed E-state index contributed by atoms with van der Waals surface area (Å²) in [6.45, 7) is 0. The van der Waals surface area contributed by atoms with Crippen molar-refractivity contribution in [2.45, 2.75) is 4.90 Å². The van der Waals surface area contributed by atoms with E-state index in [4.69, 9.17) is 9.52 Å². The van der Waals surface area contributed by atoms with Crippen LogP contribution in [0.5, 0.6) is 0 Å². The van der Waals surface area contributed by atoms with Crippen LogP contribution in [0.3, 0.4) is 0 Å². The van der Waals surface area contributed by atoms with Crippen molar-refractivity contribution in [3.8, 4) is 0 Å². The third-order valence-corrected chi connectivity index (χ3v) is 4.39. The number of carboxylic acid groups (broad SMARTS) is 1. The topological polar surface area (TPSA) is 110 Å². The molecule has 0 unspecified atom stereocenters. The SMILES string of the molecule is O=C(O)c1ccc(S(=O)(=O)Nc2ccc3ocnc3c2)cc1. The van der Waals surface area contributed by atoms with Crippen molar-refractivity contribution in [2.24, 2.45) is 0 Å². The molecule has 2 N–H and O–H groups in total. The van der Waals surface area contributed by atoms with Crippen molar-refractivity contribution in [2.75, 3.05) is 4.72 Å². The van der Waals surface area contributed by atoms with Gasteiger partial charge in [0.25, 0.3) is 10.0 Å². The molecule has 1 aromatic heterocycles. The van der Waals surface area contributed by atoms with Gasteiger partial charge in [-0.15, -0.1) is 0 Å². The highest BCUT2D eigenvalue weighted by molar-refractivity contribution is 7.92. The second-order valence-electron chi connectivity index (χ2n) is 4.47. The normalized spacial score (nSPS) is 11.5. The van der Waals surface area contributed by atoms with Gasteiger partial charge in [0.1, 0.15) is 5.52 Å². The number of fused-ring (bicyclic) bond motifs is 1. The van der Waals surface area contributed by atoms with Crippen LogP contribution in [-0.4, -0.2) is 24.5 Å². The van der Waals surface area contributed by atoms with Gasteiger partial charge in [0.15, 0.2) is 12.0 Å². The minimum Gasteiger partial charge on any atom is -0.478 e. The lowest BCUT2D eigenvalue weighted by Crippen LogP contribution is -2.13. The zero-order chi connectivity index (χ0) is 15.7. The second kappa shape index (κ2) is 5.15. The summed E-state index contributed by atoms with van der Waals surface area (Å²) < 4.78 is 32.0. The van der Waals surface area contributed by atoms with Gasteiger partial charge < -0.3 is 9.52 Å². The van der Waals surface area contributed by atoms with E-state index in [9.17, 15) is 13.2 Å². The van der Waals surface area contributed by atoms with Gasteiger partial charge in [-0.05, 0) is 42.5 Å². The summed E-state index contributed by atoms with van der Waals surface area (Å²) in [5.41, 5.74) is 1.43. The molecular formula is C14H10N2O5S. The lowest BCUT2D eigenvalue weighted by Gasteiger charge is -2.08. The van der Waals surface area contributed by atoms with Crippen LogP contribution in [0.15, 0.2) is 58.2 Å². The highest BCUT2D eigenvalue weighted by Crippen LogP contribution is 2.21. The minimum atomic E-state index is -3.81. The van der Waals surface area contributed by atoms with Gasteiger partial charge in [0.05, 0.1) is 16.1 Å². The van der Waals surface area contributed by atoms with Gasteiger partial charge in [0.2, 0.25) is 0 Å². The van der Waals surface area contributed by atoms with Gasteiger partial charge in [-0.2, -0.15) is 0 Å². The van der Waals surface area contributed by atoms with E-state index < -0.39 is 16.0 Å². The lowest BCUT2D eigenvalue weighted by atomic mass is 10.2. The van der Waals surface area contributed by atoms with Gasteiger partial charge in [-0.3, -0.25) is 4.72 Å². The molecule has 112 valence electrons. The van der Waals surface area contributed by atoms with Crippen LogP contribution >= 0.6 is 0 Å². The summed E-state index contributed by atoms with van der Waals surface area (Å²) in [6, 6.07) is 9.64. The molecule has 0 fully saturated rings. The molecule has 0 saturated carbocycles. The highest BCUT2D eigenvalue weighted by Gasteiger charge is 2.15. The molecule has 3 aromatic rings. The first kappa shape index (κ1) is 14.1. The number of rotatable bonds is 4. The van der Waals surface area contributed by atoms with Crippen molar-refractivity contribution in [3.63, 3.8) is 0 Å². The molecule has 8 heteroatoms. The van der Waals surface area contributed by atoms with Crippen molar-refractivity contribution < 1.29 is 22.7 Å². The predicted molar refractivity (Wildman–Crippen MR) is 78.2 cm³/mol. The molecule has 0 radical (unpaired) electrons. The third kappa shape index (κ3) is 2.63. The number of nitrogens with zero attached hydrogens (tertiary/aromatic N) is 1. The zero-order valence-electron chi connectivity index (χ0n) is 11.1. The number of aromatic carboxylic acids is 1. The number of hydrogen-bond acceptors (Lipinski definition) is 5. The number of oxazole rings is 1. The Bertz CT molecular complexity index is 945. The Morgan fingerprint density at radius 2 is 1.86 bits per heavy atom. The Hall–Kier alpha value is -2.87. The first-order valence-corrected chi connectivity index (χ1v) is 7.63. The Morgan fingerprint density at radius 1 is 1.14 bits per heavy atom. The second-order valence-corrected chi connectivity index (χ2v) is 6.15. The largest absolute Gasteiger partial charge is 0.478 e. The molecule has 0 aliphatic heterocycles. The van der Waals surface area contributed by atoms with Gasteiger partial charge >= 0.3 is 5.97 Å². The summed E-state index contributed by atoms with van der Waals surface area (Å²) >= 11 is 0. The molecule has 0 saturated heterocycles. The van der Waals surface area contributed by atoms with Gasteiger partial charge in [0, 0.05) is 0 Å². The molecule has 0 aliphatic carbocycles. The van der Waals surface area contributed by atoms with E-state index >= 15 is 0 Å². The average molecular weight is 318 g/mol. The Kier molecular flexibility index (Phi) is 3.30. The number of anilines is 1. The maximum absolute atomic E-state index is 12.3. The molecule has 1 heterocycles. The van der Waals surface area contributed by atoms with E-state index in [1.807, 2.05) is 0 Å². The summed E-state index contributed by atoms with van der Waals surface area (Å²) in [4.78, 5) is 14.7. The van der Waals surface area contributed by atoms with Crippen LogP contribution in [-0.2, 0) is 10.0 Å². The highest BCUT2D eigenvalue weighted by atomic mass is 32.2. The fourth-order valence-corrected chi connectivity index (χ4v) is 2.96. The number of nitrogens with one attached hydrogen (secondary N) is 1. The number of aromatic nitrogens is 1. The molecule has 22 heavy (non-hydrogen) atoms. The maximum atomic E-state index is 12.3. The number of carboxylic acids is 1.